The molecule has 2 aromatic carbocycles. The summed E-state index contributed by atoms with van der Waals surface area (Å²) in [5.74, 6) is -0.448. The van der Waals surface area contributed by atoms with Gasteiger partial charge in [-0.15, -0.1) is 13.2 Å². The number of hydrogen-bond acceptors (Lipinski definition) is 1. The summed E-state index contributed by atoms with van der Waals surface area (Å²) >= 11 is 5.88. The van der Waals surface area contributed by atoms with Gasteiger partial charge in [0.05, 0.1) is 0 Å². The van der Waals surface area contributed by atoms with Gasteiger partial charge in [0.2, 0.25) is 0 Å². The monoisotopic (exact) mass is 322 g/mol. The Morgan fingerprint density at radius 1 is 0.952 bits per heavy atom. The van der Waals surface area contributed by atoms with Crippen LogP contribution >= 0.6 is 11.6 Å². The summed E-state index contributed by atoms with van der Waals surface area (Å²) in [6.45, 7) is 0. The minimum atomic E-state index is -4.86. The molecule has 0 aliphatic rings. The van der Waals surface area contributed by atoms with Crippen molar-refractivity contribution in [3.63, 3.8) is 0 Å². The third-order valence-electron chi connectivity index (χ3n) is 2.65. The van der Waals surface area contributed by atoms with Crippen LogP contribution < -0.4 is 4.74 Å². The van der Waals surface area contributed by atoms with Crippen LogP contribution in [0.3, 0.4) is 0 Å². The third-order valence-corrected chi connectivity index (χ3v) is 2.96. The molecular formula is C14H8ClF5O. The maximum Gasteiger partial charge on any atom is 0.573 e. The minimum absolute atomic E-state index is 0.0700. The highest BCUT2D eigenvalue weighted by molar-refractivity contribution is 6.33. The second kappa shape index (κ2) is 5.89. The van der Waals surface area contributed by atoms with Gasteiger partial charge in [-0.05, 0) is 12.1 Å². The number of rotatable bonds is 3. The number of benzene rings is 2. The quantitative estimate of drug-likeness (QED) is 0.645. The van der Waals surface area contributed by atoms with E-state index in [0.717, 1.165) is 18.2 Å². The highest BCUT2D eigenvalue weighted by Gasteiger charge is 2.32. The fraction of sp³-hybridized carbons (Fsp3) is 0.143. The second-order valence-corrected chi connectivity index (χ2v) is 4.49. The molecule has 0 aliphatic carbocycles. The van der Waals surface area contributed by atoms with E-state index in [1.807, 2.05) is 0 Å². The molecule has 2 aromatic rings. The van der Waals surface area contributed by atoms with E-state index in [2.05, 4.69) is 4.74 Å². The predicted octanol–water partition coefficient (Wildman–Crippen LogP) is 5.84. The Labute approximate surface area is 121 Å². The standard InChI is InChI=1S/C14H8ClF5O/c15-11-7-8(13(16)17)5-6-9(11)10-3-1-2-4-12(10)21-14(18,19)20/h1-7,13H. The fourth-order valence-electron chi connectivity index (χ4n) is 1.79. The van der Waals surface area contributed by atoms with Crippen LogP contribution in [-0.4, -0.2) is 6.36 Å². The molecule has 0 spiro atoms. The van der Waals surface area contributed by atoms with E-state index in [1.165, 1.54) is 24.3 Å². The van der Waals surface area contributed by atoms with Crippen molar-refractivity contribution in [3.05, 3.63) is 53.1 Å². The van der Waals surface area contributed by atoms with E-state index in [0.29, 0.717) is 0 Å². The van der Waals surface area contributed by atoms with Gasteiger partial charge >= 0.3 is 6.36 Å². The Morgan fingerprint density at radius 3 is 2.19 bits per heavy atom. The number of halogens is 6. The Hall–Kier alpha value is -1.82. The van der Waals surface area contributed by atoms with Crippen molar-refractivity contribution in [2.24, 2.45) is 0 Å². The van der Waals surface area contributed by atoms with Crippen molar-refractivity contribution in [2.45, 2.75) is 12.8 Å². The summed E-state index contributed by atoms with van der Waals surface area (Å²) < 4.78 is 66.1. The van der Waals surface area contributed by atoms with Crippen molar-refractivity contribution in [3.8, 4) is 16.9 Å². The van der Waals surface area contributed by atoms with Gasteiger partial charge in [-0.1, -0.05) is 41.9 Å². The molecule has 0 bridgehead atoms. The van der Waals surface area contributed by atoms with Gasteiger partial charge in [0.15, 0.2) is 0 Å². The van der Waals surface area contributed by atoms with E-state index in [-0.39, 0.29) is 21.7 Å². The topological polar surface area (TPSA) is 9.23 Å². The molecule has 2 rings (SSSR count). The van der Waals surface area contributed by atoms with Gasteiger partial charge in [0, 0.05) is 21.7 Å². The van der Waals surface area contributed by atoms with Crippen LogP contribution in [0.1, 0.15) is 12.0 Å². The zero-order chi connectivity index (χ0) is 15.6. The molecule has 0 heterocycles. The van der Waals surface area contributed by atoms with E-state index < -0.39 is 18.5 Å². The molecule has 0 fully saturated rings. The smallest absolute Gasteiger partial charge is 0.405 e. The number of hydrogen-bond donors (Lipinski definition) is 0. The molecule has 0 aromatic heterocycles. The lowest BCUT2D eigenvalue weighted by Crippen LogP contribution is -2.17. The third kappa shape index (κ3) is 3.85. The van der Waals surface area contributed by atoms with Crippen molar-refractivity contribution < 1.29 is 26.7 Å². The lowest BCUT2D eigenvalue weighted by atomic mass is 10.0. The molecule has 0 amide bonds. The average molecular weight is 323 g/mol. The van der Waals surface area contributed by atoms with Crippen molar-refractivity contribution >= 4 is 11.6 Å². The van der Waals surface area contributed by atoms with Crippen LogP contribution in [0, 0.1) is 0 Å². The molecule has 112 valence electrons. The van der Waals surface area contributed by atoms with E-state index in [9.17, 15) is 22.0 Å². The van der Waals surface area contributed by atoms with Crippen LogP contribution in [0.5, 0.6) is 5.75 Å². The Kier molecular flexibility index (Phi) is 4.37. The van der Waals surface area contributed by atoms with Gasteiger partial charge in [0.1, 0.15) is 5.75 Å². The predicted molar refractivity (Wildman–Crippen MR) is 68.5 cm³/mol. The molecule has 21 heavy (non-hydrogen) atoms. The van der Waals surface area contributed by atoms with Gasteiger partial charge in [-0.25, -0.2) is 8.78 Å². The Balaban J connectivity index is 2.47. The van der Waals surface area contributed by atoms with E-state index >= 15 is 0 Å². The first-order valence-corrected chi connectivity index (χ1v) is 6.08. The first kappa shape index (κ1) is 15.6. The fourth-order valence-corrected chi connectivity index (χ4v) is 2.08. The van der Waals surface area contributed by atoms with E-state index in [4.69, 9.17) is 11.6 Å². The summed E-state index contributed by atoms with van der Waals surface area (Å²) in [6, 6.07) is 8.72. The molecule has 7 heteroatoms. The van der Waals surface area contributed by atoms with E-state index in [1.54, 1.807) is 0 Å². The zero-order valence-electron chi connectivity index (χ0n) is 10.3. The molecule has 0 saturated carbocycles. The summed E-state index contributed by atoms with van der Waals surface area (Å²) in [5, 5.41) is -0.0778. The van der Waals surface area contributed by atoms with Crippen molar-refractivity contribution in [1.82, 2.24) is 0 Å². The first-order chi connectivity index (χ1) is 9.78. The number of para-hydroxylation sites is 1. The van der Waals surface area contributed by atoms with Crippen LogP contribution in [0.2, 0.25) is 5.02 Å². The summed E-state index contributed by atoms with van der Waals surface area (Å²) in [7, 11) is 0. The molecular weight excluding hydrogens is 315 g/mol. The second-order valence-electron chi connectivity index (χ2n) is 4.08. The first-order valence-electron chi connectivity index (χ1n) is 5.70. The molecule has 0 N–H and O–H groups in total. The maximum absolute atomic E-state index is 12.6. The summed E-state index contributed by atoms with van der Waals surface area (Å²) in [4.78, 5) is 0. The van der Waals surface area contributed by atoms with Gasteiger partial charge in [0.25, 0.3) is 6.43 Å². The molecule has 0 radical (unpaired) electrons. The van der Waals surface area contributed by atoms with Crippen molar-refractivity contribution in [1.29, 1.82) is 0 Å². The highest BCUT2D eigenvalue weighted by atomic mass is 35.5. The van der Waals surface area contributed by atoms with Gasteiger partial charge in [-0.2, -0.15) is 0 Å². The largest absolute Gasteiger partial charge is 0.573 e. The number of ether oxygens (including phenoxy) is 1. The molecule has 0 saturated heterocycles. The zero-order valence-corrected chi connectivity index (χ0v) is 11.1. The number of alkyl halides is 5. The maximum atomic E-state index is 12.6. The Morgan fingerprint density at radius 2 is 1.62 bits per heavy atom. The van der Waals surface area contributed by atoms with Gasteiger partial charge in [-0.3, -0.25) is 0 Å². The lowest BCUT2D eigenvalue weighted by Gasteiger charge is -2.14. The summed E-state index contributed by atoms with van der Waals surface area (Å²) in [5.41, 5.74) is -0.0560. The van der Waals surface area contributed by atoms with Crippen LogP contribution in [0.4, 0.5) is 22.0 Å². The van der Waals surface area contributed by atoms with Crippen LogP contribution in [0.15, 0.2) is 42.5 Å². The average Bonchev–Trinajstić information content (AvgIpc) is 2.37. The molecule has 0 atom stereocenters. The normalized spacial score (nSPS) is 11.8. The van der Waals surface area contributed by atoms with Crippen LogP contribution in [0.25, 0.3) is 11.1 Å². The highest BCUT2D eigenvalue weighted by Crippen LogP contribution is 2.38. The van der Waals surface area contributed by atoms with Crippen LogP contribution in [-0.2, 0) is 0 Å². The molecule has 1 nitrogen and oxygen atoms in total. The summed E-state index contributed by atoms with van der Waals surface area (Å²) in [6.07, 6.45) is -7.57. The molecule has 0 unspecified atom stereocenters. The SMILES string of the molecule is FC(F)c1ccc(-c2ccccc2OC(F)(F)F)c(Cl)c1. The van der Waals surface area contributed by atoms with Crippen molar-refractivity contribution in [2.75, 3.05) is 0 Å². The minimum Gasteiger partial charge on any atom is -0.405 e. The Bertz CT molecular complexity index is 640. The lowest BCUT2D eigenvalue weighted by molar-refractivity contribution is -0.274. The molecule has 0 aliphatic heterocycles. The van der Waals surface area contributed by atoms with Gasteiger partial charge < -0.3 is 4.74 Å².